The van der Waals surface area contributed by atoms with Gasteiger partial charge in [0.15, 0.2) is 0 Å². The molecule has 0 aliphatic heterocycles. The molecule has 0 saturated carbocycles. The number of para-hydroxylation sites is 1. The highest BCUT2D eigenvalue weighted by atomic mass is 79.9. The summed E-state index contributed by atoms with van der Waals surface area (Å²) in [6.45, 7) is 8.86. The van der Waals surface area contributed by atoms with Crippen LogP contribution in [-0.2, 0) is 6.54 Å². The average Bonchev–Trinajstić information content (AvgIpc) is 2.32. The minimum absolute atomic E-state index is 0.607. The summed E-state index contributed by atoms with van der Waals surface area (Å²) in [7, 11) is 0. The van der Waals surface area contributed by atoms with E-state index in [1.165, 1.54) is 5.56 Å². The lowest BCUT2D eigenvalue weighted by Gasteiger charge is -2.13. The summed E-state index contributed by atoms with van der Waals surface area (Å²) in [4.78, 5) is 0. The Morgan fingerprint density at radius 2 is 2.17 bits per heavy atom. The number of hydrogen-bond acceptors (Lipinski definition) is 2. The van der Waals surface area contributed by atoms with Crippen LogP contribution in [0.3, 0.4) is 0 Å². The van der Waals surface area contributed by atoms with E-state index in [9.17, 15) is 0 Å². The standard InChI is InChI=1S/C15H22BrNO/c1-4-5-9-18-15-13(7-6-8-14(15)16)11-17-10-12(2)3/h4-8,12,17H,9-11H2,1-3H3. The van der Waals surface area contributed by atoms with Crippen molar-refractivity contribution in [1.82, 2.24) is 5.32 Å². The summed E-state index contributed by atoms with van der Waals surface area (Å²) < 4.78 is 6.80. The van der Waals surface area contributed by atoms with Gasteiger partial charge in [0.25, 0.3) is 0 Å². The summed E-state index contributed by atoms with van der Waals surface area (Å²) in [5, 5.41) is 3.44. The first-order valence-corrected chi connectivity index (χ1v) is 7.16. The van der Waals surface area contributed by atoms with Gasteiger partial charge in [-0.05, 0) is 41.4 Å². The number of benzene rings is 1. The lowest BCUT2D eigenvalue weighted by atomic mass is 10.2. The molecule has 2 nitrogen and oxygen atoms in total. The van der Waals surface area contributed by atoms with E-state index in [2.05, 4.69) is 41.2 Å². The van der Waals surface area contributed by atoms with E-state index < -0.39 is 0 Å². The van der Waals surface area contributed by atoms with Crippen LogP contribution in [0, 0.1) is 5.92 Å². The van der Waals surface area contributed by atoms with Crippen LogP contribution in [0.25, 0.3) is 0 Å². The van der Waals surface area contributed by atoms with Crippen molar-refractivity contribution in [2.45, 2.75) is 27.3 Å². The van der Waals surface area contributed by atoms with Gasteiger partial charge in [-0.1, -0.05) is 38.1 Å². The Hall–Kier alpha value is -0.800. The Morgan fingerprint density at radius 3 is 2.83 bits per heavy atom. The van der Waals surface area contributed by atoms with Crippen LogP contribution in [0.4, 0.5) is 0 Å². The molecule has 18 heavy (non-hydrogen) atoms. The van der Waals surface area contributed by atoms with Gasteiger partial charge in [-0.25, -0.2) is 0 Å². The summed E-state index contributed by atoms with van der Waals surface area (Å²) >= 11 is 3.54. The van der Waals surface area contributed by atoms with Crippen molar-refractivity contribution in [1.29, 1.82) is 0 Å². The Bertz CT molecular complexity index is 388. The largest absolute Gasteiger partial charge is 0.488 e. The van der Waals surface area contributed by atoms with E-state index in [1.54, 1.807) is 0 Å². The van der Waals surface area contributed by atoms with Gasteiger partial charge >= 0.3 is 0 Å². The zero-order chi connectivity index (χ0) is 13.4. The average molecular weight is 312 g/mol. The smallest absolute Gasteiger partial charge is 0.138 e. The number of rotatable bonds is 7. The number of ether oxygens (including phenoxy) is 1. The predicted octanol–water partition coefficient (Wildman–Crippen LogP) is 4.15. The molecule has 1 aromatic rings. The van der Waals surface area contributed by atoms with Gasteiger partial charge in [0.1, 0.15) is 12.4 Å². The molecule has 0 spiro atoms. The molecule has 1 N–H and O–H groups in total. The minimum Gasteiger partial charge on any atom is -0.488 e. The second-order valence-corrected chi connectivity index (χ2v) is 5.49. The summed E-state index contributed by atoms with van der Waals surface area (Å²) in [5.41, 5.74) is 1.19. The maximum atomic E-state index is 5.79. The second-order valence-electron chi connectivity index (χ2n) is 4.63. The van der Waals surface area contributed by atoms with E-state index in [-0.39, 0.29) is 0 Å². The molecule has 0 aliphatic rings. The molecule has 0 aromatic heterocycles. The molecule has 0 aliphatic carbocycles. The van der Waals surface area contributed by atoms with Crippen molar-refractivity contribution in [2.75, 3.05) is 13.2 Å². The van der Waals surface area contributed by atoms with E-state index in [0.29, 0.717) is 12.5 Å². The highest BCUT2D eigenvalue weighted by Gasteiger charge is 2.07. The van der Waals surface area contributed by atoms with Crippen molar-refractivity contribution in [2.24, 2.45) is 5.92 Å². The van der Waals surface area contributed by atoms with Crippen LogP contribution in [0.2, 0.25) is 0 Å². The lowest BCUT2D eigenvalue weighted by molar-refractivity contribution is 0.354. The number of nitrogens with one attached hydrogen (secondary N) is 1. The second kappa shape index (κ2) is 8.33. The van der Waals surface area contributed by atoms with Crippen molar-refractivity contribution in [3.8, 4) is 5.75 Å². The van der Waals surface area contributed by atoms with Gasteiger partial charge in [0.2, 0.25) is 0 Å². The van der Waals surface area contributed by atoms with Gasteiger partial charge in [0, 0.05) is 12.1 Å². The van der Waals surface area contributed by atoms with E-state index >= 15 is 0 Å². The van der Waals surface area contributed by atoms with E-state index in [1.807, 2.05) is 31.2 Å². The zero-order valence-corrected chi connectivity index (χ0v) is 13.0. The fourth-order valence-corrected chi connectivity index (χ4v) is 2.10. The third-order valence-electron chi connectivity index (χ3n) is 2.48. The van der Waals surface area contributed by atoms with Crippen molar-refractivity contribution >= 4 is 15.9 Å². The first-order chi connectivity index (χ1) is 8.65. The van der Waals surface area contributed by atoms with Crippen LogP contribution in [-0.4, -0.2) is 13.2 Å². The maximum Gasteiger partial charge on any atom is 0.138 e. The third kappa shape index (κ3) is 5.23. The summed E-state index contributed by atoms with van der Waals surface area (Å²) in [6.07, 6.45) is 4.00. The molecule has 0 radical (unpaired) electrons. The minimum atomic E-state index is 0.607. The Balaban J connectivity index is 2.67. The predicted molar refractivity (Wildman–Crippen MR) is 81.0 cm³/mol. The third-order valence-corrected chi connectivity index (χ3v) is 3.10. The first-order valence-electron chi connectivity index (χ1n) is 6.37. The fraction of sp³-hybridized carbons (Fsp3) is 0.467. The summed E-state index contributed by atoms with van der Waals surface area (Å²) in [6, 6.07) is 6.15. The van der Waals surface area contributed by atoms with E-state index in [4.69, 9.17) is 4.74 Å². The highest BCUT2D eigenvalue weighted by molar-refractivity contribution is 9.10. The summed E-state index contributed by atoms with van der Waals surface area (Å²) in [5.74, 6) is 1.59. The lowest BCUT2D eigenvalue weighted by Crippen LogP contribution is -2.19. The number of halogens is 1. The molecule has 1 rings (SSSR count). The molecular formula is C15H22BrNO. The SMILES string of the molecule is CC=CCOc1c(Br)cccc1CNCC(C)C. The molecule has 100 valence electrons. The fourth-order valence-electron chi connectivity index (χ4n) is 1.58. The molecule has 1 aromatic carbocycles. The Morgan fingerprint density at radius 1 is 1.39 bits per heavy atom. The topological polar surface area (TPSA) is 21.3 Å². The normalized spacial score (nSPS) is 11.4. The van der Waals surface area contributed by atoms with Crippen LogP contribution < -0.4 is 10.1 Å². The monoisotopic (exact) mass is 311 g/mol. The van der Waals surface area contributed by atoms with Crippen LogP contribution in [0.15, 0.2) is 34.8 Å². The van der Waals surface area contributed by atoms with Gasteiger partial charge in [-0.3, -0.25) is 0 Å². The van der Waals surface area contributed by atoms with E-state index in [0.717, 1.165) is 23.3 Å². The molecule has 0 unspecified atom stereocenters. The quantitative estimate of drug-likeness (QED) is 0.764. The molecule has 0 heterocycles. The molecule has 0 fully saturated rings. The molecule has 0 saturated heterocycles. The van der Waals surface area contributed by atoms with Gasteiger partial charge in [-0.2, -0.15) is 0 Å². The molecular weight excluding hydrogens is 290 g/mol. The van der Waals surface area contributed by atoms with Crippen molar-refractivity contribution < 1.29 is 4.74 Å². The Labute approximate surface area is 119 Å². The maximum absolute atomic E-state index is 5.79. The number of allylic oxidation sites excluding steroid dienone is 1. The molecule has 0 bridgehead atoms. The molecule has 3 heteroatoms. The van der Waals surface area contributed by atoms with Crippen LogP contribution in [0.1, 0.15) is 26.3 Å². The first kappa shape index (κ1) is 15.3. The van der Waals surface area contributed by atoms with Crippen LogP contribution in [0.5, 0.6) is 5.75 Å². The van der Waals surface area contributed by atoms with Crippen LogP contribution >= 0.6 is 15.9 Å². The number of hydrogen-bond donors (Lipinski definition) is 1. The van der Waals surface area contributed by atoms with Crippen molar-refractivity contribution in [3.63, 3.8) is 0 Å². The van der Waals surface area contributed by atoms with Crippen molar-refractivity contribution in [3.05, 3.63) is 40.4 Å². The van der Waals surface area contributed by atoms with Gasteiger partial charge in [-0.15, -0.1) is 0 Å². The molecule has 0 amide bonds. The zero-order valence-electron chi connectivity index (χ0n) is 11.4. The highest BCUT2D eigenvalue weighted by Crippen LogP contribution is 2.29. The van der Waals surface area contributed by atoms with Gasteiger partial charge < -0.3 is 10.1 Å². The Kier molecular flexibility index (Phi) is 7.06. The van der Waals surface area contributed by atoms with Gasteiger partial charge in [0.05, 0.1) is 4.47 Å². The molecule has 0 atom stereocenters.